The number of nitrogens with zero attached hydrogens (tertiary/aromatic N) is 1. The summed E-state index contributed by atoms with van der Waals surface area (Å²) in [7, 11) is 3.44. The molecule has 0 saturated heterocycles. The summed E-state index contributed by atoms with van der Waals surface area (Å²) in [5, 5.41) is 9.41. The predicted molar refractivity (Wildman–Crippen MR) is 126 cm³/mol. The highest BCUT2D eigenvalue weighted by Gasteiger charge is 2.00. The number of hydrogen-bond donors (Lipinski definition) is 3. The van der Waals surface area contributed by atoms with Gasteiger partial charge in [0.25, 0.3) is 0 Å². The molecule has 0 atom stereocenters. The molecule has 2 rings (SSSR count). The number of hydrogen-bond acceptors (Lipinski definition) is 3. The maximum Gasteiger partial charge on any atom is 0.221 e. The molecule has 0 radical (unpaired) electrons. The van der Waals surface area contributed by atoms with Crippen molar-refractivity contribution in [1.29, 1.82) is 0 Å². The Kier molecular flexibility index (Phi) is 11.0. The van der Waals surface area contributed by atoms with Crippen LogP contribution in [-0.2, 0) is 17.6 Å². The minimum atomic E-state index is -0.0612. The van der Waals surface area contributed by atoms with Crippen molar-refractivity contribution in [2.24, 2.45) is 4.99 Å². The number of nitrogens with one attached hydrogen (secondary N) is 3. The highest BCUT2D eigenvalue weighted by molar-refractivity contribution is 14.0. The lowest BCUT2D eigenvalue weighted by Crippen LogP contribution is -2.39. The Morgan fingerprint density at radius 1 is 0.929 bits per heavy atom. The number of carbonyl (C=O) groups excluding carboxylic acids is 1. The van der Waals surface area contributed by atoms with E-state index in [1.165, 1.54) is 18.1 Å². The molecule has 0 heterocycles. The van der Waals surface area contributed by atoms with Crippen LogP contribution in [0.4, 0.5) is 5.69 Å². The van der Waals surface area contributed by atoms with E-state index in [4.69, 9.17) is 4.74 Å². The van der Waals surface area contributed by atoms with Gasteiger partial charge < -0.3 is 20.7 Å². The summed E-state index contributed by atoms with van der Waals surface area (Å²) in [6.07, 6.45) is 1.79. The Hall–Kier alpha value is -2.29. The molecule has 152 valence electrons. The van der Waals surface area contributed by atoms with Crippen molar-refractivity contribution in [2.75, 3.05) is 32.6 Å². The van der Waals surface area contributed by atoms with Gasteiger partial charge in [0.15, 0.2) is 5.96 Å². The molecule has 0 unspecified atom stereocenters. The van der Waals surface area contributed by atoms with Crippen LogP contribution in [-0.4, -0.2) is 39.1 Å². The molecule has 3 N–H and O–H groups in total. The second-order valence-electron chi connectivity index (χ2n) is 6.15. The summed E-state index contributed by atoms with van der Waals surface area (Å²) in [6, 6.07) is 16.0. The molecule has 7 heteroatoms. The Balaban J connectivity index is 0.00000392. The van der Waals surface area contributed by atoms with Crippen LogP contribution in [0.1, 0.15) is 18.1 Å². The molecule has 0 aliphatic heterocycles. The van der Waals surface area contributed by atoms with E-state index in [9.17, 15) is 4.79 Å². The zero-order valence-corrected chi connectivity index (χ0v) is 18.9. The number of guanidine groups is 1. The van der Waals surface area contributed by atoms with Crippen molar-refractivity contribution < 1.29 is 9.53 Å². The van der Waals surface area contributed by atoms with Crippen molar-refractivity contribution in [3.8, 4) is 5.75 Å². The minimum Gasteiger partial charge on any atom is -0.497 e. The summed E-state index contributed by atoms with van der Waals surface area (Å²) in [6.45, 7) is 3.09. The summed E-state index contributed by atoms with van der Waals surface area (Å²) in [5.74, 6) is 1.60. The first-order valence-electron chi connectivity index (χ1n) is 9.04. The molecular formula is C21H29IN4O2. The topological polar surface area (TPSA) is 74.8 Å². The van der Waals surface area contributed by atoms with Gasteiger partial charge in [0, 0.05) is 32.7 Å². The molecule has 2 aromatic carbocycles. The highest BCUT2D eigenvalue weighted by Crippen LogP contribution is 2.11. The zero-order chi connectivity index (χ0) is 19.5. The molecule has 2 aromatic rings. The first-order valence-corrected chi connectivity index (χ1v) is 9.04. The lowest BCUT2D eigenvalue weighted by atomic mass is 10.1. The molecule has 0 bridgehead atoms. The largest absolute Gasteiger partial charge is 0.497 e. The molecule has 1 amide bonds. The first kappa shape index (κ1) is 23.7. The van der Waals surface area contributed by atoms with Crippen LogP contribution in [0.3, 0.4) is 0 Å². The third-order valence-electron chi connectivity index (χ3n) is 4.07. The van der Waals surface area contributed by atoms with Crippen LogP contribution in [0.2, 0.25) is 0 Å². The van der Waals surface area contributed by atoms with Gasteiger partial charge in [-0.15, -0.1) is 24.0 Å². The zero-order valence-electron chi connectivity index (χ0n) is 16.6. The van der Waals surface area contributed by atoms with Crippen LogP contribution in [0.5, 0.6) is 5.75 Å². The standard InChI is InChI=1S/C21H28N4O2.HI/c1-16(26)25-19-8-4-17(5-9-19)12-14-23-21(22-2)24-15-13-18-6-10-20(27-3)11-7-18;/h4-11H,12-15H2,1-3H3,(H,25,26)(H2,22,23,24);1H. The minimum absolute atomic E-state index is 0. The van der Waals surface area contributed by atoms with Gasteiger partial charge in [0.05, 0.1) is 7.11 Å². The number of ether oxygens (including phenoxy) is 1. The van der Waals surface area contributed by atoms with E-state index >= 15 is 0 Å². The normalized spacial score (nSPS) is 10.6. The quantitative estimate of drug-likeness (QED) is 0.298. The lowest BCUT2D eigenvalue weighted by Gasteiger charge is -2.12. The predicted octanol–water partition coefficient (Wildman–Crippen LogP) is 3.22. The van der Waals surface area contributed by atoms with E-state index in [1.54, 1.807) is 14.2 Å². The van der Waals surface area contributed by atoms with Crippen molar-refractivity contribution in [3.63, 3.8) is 0 Å². The van der Waals surface area contributed by atoms with E-state index in [0.29, 0.717) is 0 Å². The molecule has 0 saturated carbocycles. The average molecular weight is 496 g/mol. The molecule has 0 aliphatic carbocycles. The third kappa shape index (κ3) is 8.60. The van der Waals surface area contributed by atoms with Crippen molar-refractivity contribution in [1.82, 2.24) is 10.6 Å². The van der Waals surface area contributed by atoms with Crippen molar-refractivity contribution >= 4 is 41.5 Å². The first-order chi connectivity index (χ1) is 13.1. The van der Waals surface area contributed by atoms with Crippen LogP contribution < -0.4 is 20.7 Å². The molecule has 0 aliphatic rings. The van der Waals surface area contributed by atoms with Gasteiger partial charge in [-0.2, -0.15) is 0 Å². The number of benzene rings is 2. The maximum atomic E-state index is 11.0. The van der Waals surface area contributed by atoms with E-state index < -0.39 is 0 Å². The summed E-state index contributed by atoms with van der Waals surface area (Å²) in [4.78, 5) is 15.3. The second kappa shape index (κ2) is 13.0. The number of rotatable bonds is 8. The van der Waals surface area contributed by atoms with Gasteiger partial charge in [-0.3, -0.25) is 9.79 Å². The number of methoxy groups -OCH3 is 1. The number of halogens is 1. The smallest absolute Gasteiger partial charge is 0.221 e. The maximum absolute atomic E-state index is 11.0. The van der Waals surface area contributed by atoms with Crippen molar-refractivity contribution in [2.45, 2.75) is 19.8 Å². The molecular weight excluding hydrogens is 467 g/mol. The Labute approximate surface area is 184 Å². The molecule has 6 nitrogen and oxygen atoms in total. The SMILES string of the molecule is CN=C(NCCc1ccc(NC(C)=O)cc1)NCCc1ccc(OC)cc1.I. The van der Waals surface area contributed by atoms with Crippen molar-refractivity contribution in [3.05, 3.63) is 59.7 Å². The van der Waals surface area contributed by atoms with E-state index in [2.05, 4.69) is 33.1 Å². The fraction of sp³-hybridized carbons (Fsp3) is 0.333. The van der Waals surface area contributed by atoms with Gasteiger partial charge in [0.1, 0.15) is 5.75 Å². The Morgan fingerprint density at radius 2 is 1.43 bits per heavy atom. The summed E-state index contributed by atoms with van der Waals surface area (Å²) >= 11 is 0. The van der Waals surface area contributed by atoms with E-state index in [1.807, 2.05) is 36.4 Å². The highest BCUT2D eigenvalue weighted by atomic mass is 127. The Bertz CT molecular complexity index is 746. The molecule has 0 aromatic heterocycles. The number of amides is 1. The summed E-state index contributed by atoms with van der Waals surface area (Å²) < 4.78 is 5.17. The summed E-state index contributed by atoms with van der Waals surface area (Å²) in [5.41, 5.74) is 3.26. The monoisotopic (exact) mass is 496 g/mol. The molecule has 28 heavy (non-hydrogen) atoms. The van der Waals surface area contributed by atoms with Crippen LogP contribution in [0.15, 0.2) is 53.5 Å². The van der Waals surface area contributed by atoms with E-state index in [-0.39, 0.29) is 29.9 Å². The molecule has 0 fully saturated rings. The van der Waals surface area contributed by atoms with Gasteiger partial charge in [-0.25, -0.2) is 0 Å². The van der Waals surface area contributed by atoms with Gasteiger partial charge >= 0.3 is 0 Å². The van der Waals surface area contributed by atoms with Gasteiger partial charge in [0.2, 0.25) is 5.91 Å². The fourth-order valence-electron chi connectivity index (χ4n) is 2.62. The average Bonchev–Trinajstić information content (AvgIpc) is 2.68. The third-order valence-corrected chi connectivity index (χ3v) is 4.07. The fourth-order valence-corrected chi connectivity index (χ4v) is 2.62. The lowest BCUT2D eigenvalue weighted by molar-refractivity contribution is -0.114. The van der Waals surface area contributed by atoms with Gasteiger partial charge in [-0.05, 0) is 48.2 Å². The van der Waals surface area contributed by atoms with Crippen LogP contribution in [0, 0.1) is 0 Å². The number of aliphatic imine (C=N–C) groups is 1. The Morgan fingerprint density at radius 3 is 1.86 bits per heavy atom. The number of carbonyl (C=O) groups is 1. The molecule has 0 spiro atoms. The van der Waals surface area contributed by atoms with Gasteiger partial charge in [-0.1, -0.05) is 24.3 Å². The number of anilines is 1. The second-order valence-corrected chi connectivity index (χ2v) is 6.15. The van der Waals surface area contributed by atoms with Crippen LogP contribution >= 0.6 is 24.0 Å². The van der Waals surface area contributed by atoms with Crippen LogP contribution in [0.25, 0.3) is 0 Å². The van der Waals surface area contributed by atoms with E-state index in [0.717, 1.165) is 43.3 Å².